The van der Waals surface area contributed by atoms with E-state index in [9.17, 15) is 0 Å². The molecular weight excluding hydrogens is 276 g/mol. The van der Waals surface area contributed by atoms with E-state index >= 15 is 0 Å². The van der Waals surface area contributed by atoms with E-state index in [2.05, 4.69) is 60.6 Å². The predicted octanol–water partition coefficient (Wildman–Crippen LogP) is 3.32. The van der Waals surface area contributed by atoms with Crippen molar-refractivity contribution in [1.29, 1.82) is 0 Å². The standard InChI is InChI=1S/C14H31BrN2/c1-6-7-14(10-15)12-17(11-13(2)3)9-8-16(4)5/h13-14H,6-12H2,1-5H3. The first-order valence-electron chi connectivity index (χ1n) is 6.92. The van der Waals surface area contributed by atoms with Crippen LogP contribution < -0.4 is 0 Å². The molecule has 0 saturated carbocycles. The first-order valence-corrected chi connectivity index (χ1v) is 8.04. The second-order valence-corrected chi connectivity index (χ2v) is 6.41. The highest BCUT2D eigenvalue weighted by atomic mass is 79.9. The third-order valence-corrected chi connectivity index (χ3v) is 3.83. The van der Waals surface area contributed by atoms with E-state index < -0.39 is 0 Å². The van der Waals surface area contributed by atoms with Gasteiger partial charge < -0.3 is 9.80 Å². The molecule has 0 heterocycles. The predicted molar refractivity (Wildman–Crippen MR) is 82.0 cm³/mol. The van der Waals surface area contributed by atoms with E-state index in [1.807, 2.05) is 0 Å². The highest BCUT2D eigenvalue weighted by Gasteiger charge is 2.14. The van der Waals surface area contributed by atoms with Crippen LogP contribution in [0, 0.1) is 11.8 Å². The maximum atomic E-state index is 3.65. The average Bonchev–Trinajstić information content (AvgIpc) is 2.24. The molecule has 0 fully saturated rings. The van der Waals surface area contributed by atoms with E-state index in [4.69, 9.17) is 0 Å². The van der Waals surface area contributed by atoms with Gasteiger partial charge in [-0.05, 0) is 32.4 Å². The summed E-state index contributed by atoms with van der Waals surface area (Å²) >= 11 is 3.65. The van der Waals surface area contributed by atoms with Crippen LogP contribution in [-0.4, -0.2) is 55.4 Å². The van der Waals surface area contributed by atoms with Crippen molar-refractivity contribution in [1.82, 2.24) is 9.80 Å². The van der Waals surface area contributed by atoms with Gasteiger partial charge in [0.1, 0.15) is 0 Å². The summed E-state index contributed by atoms with van der Waals surface area (Å²) in [7, 11) is 4.31. The maximum absolute atomic E-state index is 3.65. The Balaban J connectivity index is 4.14. The minimum absolute atomic E-state index is 0.759. The summed E-state index contributed by atoms with van der Waals surface area (Å²) in [6, 6.07) is 0. The van der Waals surface area contributed by atoms with Gasteiger partial charge in [0.05, 0.1) is 0 Å². The fourth-order valence-corrected chi connectivity index (χ4v) is 2.63. The van der Waals surface area contributed by atoms with Crippen LogP contribution in [0.1, 0.15) is 33.6 Å². The number of likely N-dealkylation sites (N-methyl/N-ethyl adjacent to an activating group) is 1. The molecule has 0 aliphatic rings. The lowest BCUT2D eigenvalue weighted by molar-refractivity contribution is 0.192. The Kier molecular flexibility index (Phi) is 10.6. The van der Waals surface area contributed by atoms with Gasteiger partial charge in [-0.2, -0.15) is 0 Å². The molecule has 0 saturated heterocycles. The molecule has 0 aliphatic carbocycles. The summed E-state index contributed by atoms with van der Waals surface area (Å²) in [4.78, 5) is 4.91. The third kappa shape index (κ3) is 10.0. The molecular formula is C14H31BrN2. The van der Waals surface area contributed by atoms with Crippen molar-refractivity contribution < 1.29 is 0 Å². The summed E-state index contributed by atoms with van der Waals surface area (Å²) in [5.41, 5.74) is 0. The molecule has 0 aromatic heterocycles. The number of rotatable bonds is 10. The lowest BCUT2D eigenvalue weighted by Gasteiger charge is -2.29. The number of hydrogen-bond donors (Lipinski definition) is 0. The van der Waals surface area contributed by atoms with Crippen molar-refractivity contribution in [3.8, 4) is 0 Å². The van der Waals surface area contributed by atoms with Gasteiger partial charge in [0.2, 0.25) is 0 Å². The van der Waals surface area contributed by atoms with E-state index in [0.717, 1.165) is 23.7 Å². The average molecular weight is 307 g/mol. The quantitative estimate of drug-likeness (QED) is 0.571. The zero-order valence-electron chi connectivity index (χ0n) is 12.4. The molecule has 0 N–H and O–H groups in total. The van der Waals surface area contributed by atoms with Gasteiger partial charge in [-0.25, -0.2) is 0 Å². The minimum atomic E-state index is 0.759. The van der Waals surface area contributed by atoms with Crippen LogP contribution in [0.15, 0.2) is 0 Å². The number of halogens is 1. The van der Waals surface area contributed by atoms with Crippen LogP contribution in [0.2, 0.25) is 0 Å². The summed E-state index contributed by atoms with van der Waals surface area (Å²) in [5, 5.41) is 1.14. The zero-order valence-corrected chi connectivity index (χ0v) is 14.0. The van der Waals surface area contributed by atoms with Crippen LogP contribution in [-0.2, 0) is 0 Å². The highest BCUT2D eigenvalue weighted by Crippen LogP contribution is 2.13. The van der Waals surface area contributed by atoms with Gasteiger partial charge in [-0.15, -0.1) is 0 Å². The molecule has 0 rings (SSSR count). The fourth-order valence-electron chi connectivity index (χ4n) is 2.11. The van der Waals surface area contributed by atoms with E-state index in [0.29, 0.717) is 0 Å². The number of nitrogens with zero attached hydrogens (tertiary/aromatic N) is 2. The molecule has 1 unspecified atom stereocenters. The van der Waals surface area contributed by atoms with Crippen LogP contribution >= 0.6 is 15.9 Å². The second kappa shape index (κ2) is 10.3. The van der Waals surface area contributed by atoms with Gasteiger partial charge >= 0.3 is 0 Å². The first-order chi connectivity index (χ1) is 7.99. The molecule has 0 aromatic carbocycles. The molecule has 0 amide bonds. The Morgan fingerprint density at radius 1 is 1.06 bits per heavy atom. The third-order valence-electron chi connectivity index (χ3n) is 2.92. The Morgan fingerprint density at radius 2 is 1.71 bits per heavy atom. The molecule has 0 bridgehead atoms. The number of alkyl halides is 1. The summed E-state index contributed by atoms with van der Waals surface area (Å²) in [6.45, 7) is 11.7. The fraction of sp³-hybridized carbons (Fsp3) is 1.00. The molecule has 0 radical (unpaired) electrons. The Bertz CT molecular complexity index is 172. The molecule has 2 nitrogen and oxygen atoms in total. The van der Waals surface area contributed by atoms with Crippen LogP contribution in [0.4, 0.5) is 0 Å². The normalized spacial score (nSPS) is 13.9. The Morgan fingerprint density at radius 3 is 2.12 bits per heavy atom. The lowest BCUT2D eigenvalue weighted by atomic mass is 10.0. The van der Waals surface area contributed by atoms with Crippen molar-refractivity contribution in [2.45, 2.75) is 33.6 Å². The van der Waals surface area contributed by atoms with Gasteiger partial charge in [-0.1, -0.05) is 43.1 Å². The monoisotopic (exact) mass is 306 g/mol. The van der Waals surface area contributed by atoms with Crippen LogP contribution in [0.3, 0.4) is 0 Å². The van der Waals surface area contributed by atoms with Crippen molar-refractivity contribution in [2.75, 3.05) is 45.6 Å². The molecule has 3 heteroatoms. The topological polar surface area (TPSA) is 6.48 Å². The van der Waals surface area contributed by atoms with Crippen LogP contribution in [0.25, 0.3) is 0 Å². The smallest absolute Gasteiger partial charge is 0.0109 e. The zero-order chi connectivity index (χ0) is 13.3. The first kappa shape index (κ1) is 17.4. The summed E-state index contributed by atoms with van der Waals surface area (Å²) < 4.78 is 0. The van der Waals surface area contributed by atoms with Crippen molar-refractivity contribution >= 4 is 15.9 Å². The van der Waals surface area contributed by atoms with E-state index in [-0.39, 0.29) is 0 Å². The lowest BCUT2D eigenvalue weighted by Crippen LogP contribution is -2.38. The Labute approximate surface area is 117 Å². The minimum Gasteiger partial charge on any atom is -0.308 e. The van der Waals surface area contributed by atoms with Gasteiger partial charge in [0.15, 0.2) is 0 Å². The van der Waals surface area contributed by atoms with Crippen molar-refractivity contribution in [2.24, 2.45) is 11.8 Å². The Hall–Kier alpha value is 0.400. The molecule has 104 valence electrons. The van der Waals surface area contributed by atoms with Crippen LogP contribution in [0.5, 0.6) is 0 Å². The van der Waals surface area contributed by atoms with Gasteiger partial charge in [-0.3, -0.25) is 0 Å². The largest absolute Gasteiger partial charge is 0.308 e. The van der Waals surface area contributed by atoms with Gasteiger partial charge in [0.25, 0.3) is 0 Å². The molecule has 0 aromatic rings. The summed E-state index contributed by atoms with van der Waals surface area (Å²) in [6.07, 6.45) is 2.63. The van der Waals surface area contributed by atoms with E-state index in [1.54, 1.807) is 0 Å². The summed E-state index contributed by atoms with van der Waals surface area (Å²) in [5.74, 6) is 1.57. The molecule has 0 spiro atoms. The van der Waals surface area contributed by atoms with Crippen molar-refractivity contribution in [3.63, 3.8) is 0 Å². The maximum Gasteiger partial charge on any atom is 0.0109 e. The molecule has 17 heavy (non-hydrogen) atoms. The second-order valence-electron chi connectivity index (χ2n) is 5.77. The number of hydrogen-bond acceptors (Lipinski definition) is 2. The highest BCUT2D eigenvalue weighted by molar-refractivity contribution is 9.09. The molecule has 1 atom stereocenters. The molecule has 0 aliphatic heterocycles. The SMILES string of the molecule is CCCC(CBr)CN(CCN(C)C)CC(C)C. The van der Waals surface area contributed by atoms with Gasteiger partial charge in [0, 0.05) is 31.5 Å². The van der Waals surface area contributed by atoms with Crippen molar-refractivity contribution in [3.05, 3.63) is 0 Å². The van der Waals surface area contributed by atoms with E-state index in [1.165, 1.54) is 32.5 Å².